The maximum Gasteiger partial charge on any atom is 0.193 e. The van der Waals surface area contributed by atoms with E-state index in [0.29, 0.717) is 17.7 Å². The average molecular weight is 269 g/mol. The summed E-state index contributed by atoms with van der Waals surface area (Å²) in [5.41, 5.74) is 9.90. The summed E-state index contributed by atoms with van der Waals surface area (Å²) in [6.07, 6.45) is 0. The molecule has 104 valence electrons. The molecule has 0 bridgehead atoms. The summed E-state index contributed by atoms with van der Waals surface area (Å²) in [5.74, 6) is 0.818. The van der Waals surface area contributed by atoms with Crippen LogP contribution < -0.4 is 10.5 Å². The van der Waals surface area contributed by atoms with Crippen LogP contribution in [0.1, 0.15) is 32.6 Å². The fourth-order valence-electron chi connectivity index (χ4n) is 2.26. The highest BCUT2D eigenvalue weighted by molar-refractivity contribution is 6.10. The molecule has 0 aliphatic carbocycles. The van der Waals surface area contributed by atoms with Gasteiger partial charge in [0.05, 0.1) is 7.11 Å². The van der Waals surface area contributed by atoms with Gasteiger partial charge in [-0.15, -0.1) is 0 Å². The number of ether oxygens (including phenoxy) is 1. The number of hydrogen-bond acceptors (Lipinski definition) is 3. The van der Waals surface area contributed by atoms with Crippen molar-refractivity contribution in [1.82, 2.24) is 0 Å². The highest BCUT2D eigenvalue weighted by Gasteiger charge is 2.15. The van der Waals surface area contributed by atoms with E-state index >= 15 is 0 Å². The Hall–Kier alpha value is -2.13. The van der Waals surface area contributed by atoms with Crippen molar-refractivity contribution in [1.29, 1.82) is 0 Å². The second-order valence-corrected chi connectivity index (χ2v) is 4.80. The van der Waals surface area contributed by atoms with Crippen molar-refractivity contribution in [2.45, 2.75) is 20.4 Å². The van der Waals surface area contributed by atoms with Crippen molar-refractivity contribution in [3.63, 3.8) is 0 Å². The number of carbonyl (C=O) groups is 1. The van der Waals surface area contributed by atoms with Crippen LogP contribution in [0.5, 0.6) is 5.75 Å². The summed E-state index contributed by atoms with van der Waals surface area (Å²) in [5, 5.41) is 0. The van der Waals surface area contributed by atoms with E-state index < -0.39 is 0 Å². The molecule has 0 aliphatic heterocycles. The van der Waals surface area contributed by atoms with Crippen LogP contribution in [0.25, 0.3) is 0 Å². The summed E-state index contributed by atoms with van der Waals surface area (Å²) in [4.78, 5) is 12.6. The largest absolute Gasteiger partial charge is 0.496 e. The summed E-state index contributed by atoms with van der Waals surface area (Å²) >= 11 is 0. The summed E-state index contributed by atoms with van der Waals surface area (Å²) in [6, 6.07) is 11.1. The predicted molar refractivity (Wildman–Crippen MR) is 80.2 cm³/mol. The Labute approximate surface area is 119 Å². The third-order valence-electron chi connectivity index (χ3n) is 3.63. The van der Waals surface area contributed by atoms with E-state index in [-0.39, 0.29) is 5.78 Å². The molecule has 2 aromatic rings. The van der Waals surface area contributed by atoms with Gasteiger partial charge < -0.3 is 10.5 Å². The number of carbonyl (C=O) groups excluding carboxylic acids is 1. The first kappa shape index (κ1) is 14.3. The maximum absolute atomic E-state index is 12.6. The van der Waals surface area contributed by atoms with Gasteiger partial charge in [0.15, 0.2) is 5.78 Å². The Morgan fingerprint density at radius 3 is 2.55 bits per heavy atom. The minimum Gasteiger partial charge on any atom is -0.496 e. The van der Waals surface area contributed by atoms with Crippen LogP contribution in [0.4, 0.5) is 0 Å². The molecule has 0 fully saturated rings. The zero-order chi connectivity index (χ0) is 14.7. The van der Waals surface area contributed by atoms with Crippen LogP contribution in [0.3, 0.4) is 0 Å². The average Bonchev–Trinajstić information content (AvgIpc) is 2.49. The Kier molecular flexibility index (Phi) is 4.20. The molecule has 0 atom stereocenters. The monoisotopic (exact) mass is 269 g/mol. The lowest BCUT2D eigenvalue weighted by Crippen LogP contribution is -2.07. The van der Waals surface area contributed by atoms with E-state index in [4.69, 9.17) is 10.5 Å². The first-order chi connectivity index (χ1) is 9.58. The molecule has 0 unspecified atom stereocenters. The molecule has 0 saturated heterocycles. The zero-order valence-corrected chi connectivity index (χ0v) is 12.1. The number of rotatable bonds is 4. The number of methoxy groups -OCH3 is 1. The van der Waals surface area contributed by atoms with Crippen LogP contribution in [-0.4, -0.2) is 12.9 Å². The van der Waals surface area contributed by atoms with E-state index in [1.807, 2.05) is 50.2 Å². The lowest BCUT2D eigenvalue weighted by atomic mass is 9.95. The van der Waals surface area contributed by atoms with Gasteiger partial charge in [-0.2, -0.15) is 0 Å². The minimum atomic E-state index is 0.0172. The van der Waals surface area contributed by atoms with Crippen LogP contribution >= 0.6 is 0 Å². The molecule has 20 heavy (non-hydrogen) atoms. The first-order valence-corrected chi connectivity index (χ1v) is 6.56. The lowest BCUT2D eigenvalue weighted by molar-refractivity contribution is 0.103. The third kappa shape index (κ3) is 2.58. The van der Waals surface area contributed by atoms with E-state index in [1.54, 1.807) is 7.11 Å². The molecule has 0 amide bonds. The van der Waals surface area contributed by atoms with Gasteiger partial charge in [-0.3, -0.25) is 4.79 Å². The molecule has 0 saturated carbocycles. The second kappa shape index (κ2) is 5.88. The molecule has 0 radical (unpaired) electrons. The lowest BCUT2D eigenvalue weighted by Gasteiger charge is -2.12. The van der Waals surface area contributed by atoms with Crippen molar-refractivity contribution in [3.05, 3.63) is 64.2 Å². The molecule has 3 nitrogen and oxygen atoms in total. The Morgan fingerprint density at radius 1 is 1.15 bits per heavy atom. The SMILES string of the molecule is COc1ccc(C(=O)c2cccc(CN)c2)c(C)c1C. The van der Waals surface area contributed by atoms with E-state index in [0.717, 1.165) is 22.4 Å². The van der Waals surface area contributed by atoms with Gasteiger partial charge in [0.1, 0.15) is 5.75 Å². The number of nitrogens with two attached hydrogens (primary N) is 1. The highest BCUT2D eigenvalue weighted by atomic mass is 16.5. The van der Waals surface area contributed by atoms with Gasteiger partial charge in [-0.25, -0.2) is 0 Å². The molecule has 3 heteroatoms. The minimum absolute atomic E-state index is 0.0172. The van der Waals surface area contributed by atoms with Crippen molar-refractivity contribution < 1.29 is 9.53 Å². The highest BCUT2D eigenvalue weighted by Crippen LogP contribution is 2.25. The number of ketones is 1. The number of benzene rings is 2. The van der Waals surface area contributed by atoms with Crippen LogP contribution in [0.2, 0.25) is 0 Å². The van der Waals surface area contributed by atoms with E-state index in [1.165, 1.54) is 0 Å². The fraction of sp³-hybridized carbons (Fsp3) is 0.235. The maximum atomic E-state index is 12.6. The Morgan fingerprint density at radius 2 is 1.90 bits per heavy atom. The van der Waals surface area contributed by atoms with Gasteiger partial charge in [0, 0.05) is 17.7 Å². The van der Waals surface area contributed by atoms with Gasteiger partial charge in [-0.05, 0) is 48.7 Å². The molecule has 0 aliphatic rings. The molecule has 0 spiro atoms. The smallest absolute Gasteiger partial charge is 0.193 e. The normalized spacial score (nSPS) is 10.4. The standard InChI is InChI=1S/C17H19NO2/c1-11-12(2)16(20-3)8-7-15(11)17(19)14-6-4-5-13(9-14)10-18/h4-9H,10,18H2,1-3H3. The molecular formula is C17H19NO2. The van der Waals surface area contributed by atoms with Crippen molar-refractivity contribution in [3.8, 4) is 5.75 Å². The third-order valence-corrected chi connectivity index (χ3v) is 3.63. The van der Waals surface area contributed by atoms with Crippen molar-refractivity contribution >= 4 is 5.78 Å². The summed E-state index contributed by atoms with van der Waals surface area (Å²) < 4.78 is 5.27. The topological polar surface area (TPSA) is 52.3 Å². The molecule has 2 rings (SSSR count). The number of hydrogen-bond donors (Lipinski definition) is 1. The summed E-state index contributed by atoms with van der Waals surface area (Å²) in [7, 11) is 1.63. The fourth-order valence-corrected chi connectivity index (χ4v) is 2.26. The molecule has 0 heterocycles. The second-order valence-electron chi connectivity index (χ2n) is 4.80. The Bertz CT molecular complexity index is 647. The Balaban J connectivity index is 2.45. The predicted octanol–water partition coefficient (Wildman–Crippen LogP) is 3.00. The summed E-state index contributed by atoms with van der Waals surface area (Å²) in [6.45, 7) is 4.33. The van der Waals surface area contributed by atoms with Gasteiger partial charge in [-0.1, -0.05) is 18.2 Å². The molecule has 0 aromatic heterocycles. The van der Waals surface area contributed by atoms with Crippen LogP contribution in [0, 0.1) is 13.8 Å². The van der Waals surface area contributed by atoms with Crippen molar-refractivity contribution in [2.24, 2.45) is 5.73 Å². The van der Waals surface area contributed by atoms with E-state index in [9.17, 15) is 4.79 Å². The van der Waals surface area contributed by atoms with Crippen LogP contribution in [0.15, 0.2) is 36.4 Å². The molecular weight excluding hydrogens is 250 g/mol. The van der Waals surface area contributed by atoms with Crippen LogP contribution in [-0.2, 0) is 6.54 Å². The van der Waals surface area contributed by atoms with Crippen molar-refractivity contribution in [2.75, 3.05) is 7.11 Å². The molecule has 2 aromatic carbocycles. The molecule has 2 N–H and O–H groups in total. The van der Waals surface area contributed by atoms with Gasteiger partial charge in [0.25, 0.3) is 0 Å². The van der Waals surface area contributed by atoms with E-state index in [2.05, 4.69) is 0 Å². The first-order valence-electron chi connectivity index (χ1n) is 6.56. The van der Waals surface area contributed by atoms with Gasteiger partial charge in [0.2, 0.25) is 0 Å². The zero-order valence-electron chi connectivity index (χ0n) is 12.1. The quantitative estimate of drug-likeness (QED) is 0.868. The van der Waals surface area contributed by atoms with Gasteiger partial charge >= 0.3 is 0 Å².